The molecular formula is C14H13N3O. The monoisotopic (exact) mass is 239 g/mol. The van der Waals surface area contributed by atoms with Gasteiger partial charge in [0.1, 0.15) is 5.75 Å². The number of rotatable bonds is 2. The lowest BCUT2D eigenvalue weighted by Crippen LogP contribution is -2.01. The van der Waals surface area contributed by atoms with Crippen molar-refractivity contribution in [1.82, 2.24) is 9.78 Å². The Bertz CT molecular complexity index is 703. The maximum absolute atomic E-state index is 6.01. The molecule has 4 heteroatoms. The van der Waals surface area contributed by atoms with Gasteiger partial charge in [0, 0.05) is 11.5 Å². The van der Waals surface area contributed by atoms with E-state index in [-0.39, 0.29) is 0 Å². The van der Waals surface area contributed by atoms with E-state index in [4.69, 9.17) is 10.5 Å². The average molecular weight is 239 g/mol. The van der Waals surface area contributed by atoms with Crippen LogP contribution in [0.1, 0.15) is 0 Å². The summed E-state index contributed by atoms with van der Waals surface area (Å²) in [7, 11) is 1.64. The van der Waals surface area contributed by atoms with Crippen LogP contribution in [0.2, 0.25) is 0 Å². The van der Waals surface area contributed by atoms with Crippen LogP contribution in [0.5, 0.6) is 5.75 Å². The summed E-state index contributed by atoms with van der Waals surface area (Å²) in [6, 6.07) is 13.6. The van der Waals surface area contributed by atoms with Gasteiger partial charge in [-0.1, -0.05) is 18.2 Å². The zero-order chi connectivity index (χ0) is 12.5. The van der Waals surface area contributed by atoms with E-state index in [9.17, 15) is 0 Å². The van der Waals surface area contributed by atoms with E-state index in [2.05, 4.69) is 5.10 Å². The summed E-state index contributed by atoms with van der Waals surface area (Å²) >= 11 is 0. The summed E-state index contributed by atoms with van der Waals surface area (Å²) in [6.45, 7) is 0. The maximum atomic E-state index is 6.01. The van der Waals surface area contributed by atoms with Gasteiger partial charge in [-0.25, -0.2) is 4.68 Å². The summed E-state index contributed by atoms with van der Waals surface area (Å²) in [5.41, 5.74) is 8.54. The zero-order valence-electron chi connectivity index (χ0n) is 10.00. The van der Waals surface area contributed by atoms with Crippen LogP contribution in [0.25, 0.3) is 16.6 Å². The second-order valence-corrected chi connectivity index (χ2v) is 4.04. The van der Waals surface area contributed by atoms with Gasteiger partial charge in [-0.15, -0.1) is 0 Å². The van der Waals surface area contributed by atoms with Gasteiger partial charge in [-0.2, -0.15) is 5.10 Å². The molecule has 0 fully saturated rings. The minimum atomic E-state index is 0.671. The number of nitrogen functional groups attached to an aromatic ring is 1. The molecule has 0 aliphatic rings. The van der Waals surface area contributed by atoms with Crippen molar-refractivity contribution in [3.63, 3.8) is 0 Å². The summed E-state index contributed by atoms with van der Waals surface area (Å²) in [5.74, 6) is 0.763. The largest absolute Gasteiger partial charge is 0.497 e. The third-order valence-electron chi connectivity index (χ3n) is 2.94. The molecule has 0 aliphatic carbocycles. The molecule has 3 aromatic rings. The first kappa shape index (κ1) is 10.7. The number of hydrogen-bond donors (Lipinski definition) is 1. The first-order valence-corrected chi connectivity index (χ1v) is 5.66. The van der Waals surface area contributed by atoms with Crippen molar-refractivity contribution in [1.29, 1.82) is 0 Å². The van der Waals surface area contributed by atoms with Crippen LogP contribution in [0.3, 0.4) is 0 Å². The number of ether oxygens (including phenoxy) is 1. The second-order valence-electron chi connectivity index (χ2n) is 4.04. The normalized spacial score (nSPS) is 10.7. The first-order valence-electron chi connectivity index (χ1n) is 5.66. The molecular weight excluding hydrogens is 226 g/mol. The van der Waals surface area contributed by atoms with Gasteiger partial charge in [0.15, 0.2) is 0 Å². The van der Waals surface area contributed by atoms with Crippen molar-refractivity contribution < 1.29 is 4.74 Å². The van der Waals surface area contributed by atoms with E-state index in [1.165, 1.54) is 0 Å². The molecule has 2 N–H and O–H groups in total. The number of benzene rings is 2. The number of para-hydroxylation sites is 1. The SMILES string of the molecule is COc1ccc(N)c(-n2ncc3ccccc32)c1. The molecule has 3 rings (SSSR count). The van der Waals surface area contributed by atoms with Crippen LogP contribution in [-0.4, -0.2) is 16.9 Å². The predicted molar refractivity (Wildman–Crippen MR) is 72.0 cm³/mol. The molecule has 0 saturated carbocycles. The molecule has 0 aliphatic heterocycles. The van der Waals surface area contributed by atoms with Crippen molar-refractivity contribution in [2.75, 3.05) is 12.8 Å². The van der Waals surface area contributed by atoms with Crippen LogP contribution in [0.4, 0.5) is 5.69 Å². The average Bonchev–Trinajstić information content (AvgIpc) is 2.83. The van der Waals surface area contributed by atoms with Gasteiger partial charge in [0.25, 0.3) is 0 Å². The fourth-order valence-electron chi connectivity index (χ4n) is 2.00. The van der Waals surface area contributed by atoms with Gasteiger partial charge in [-0.05, 0) is 18.2 Å². The van der Waals surface area contributed by atoms with Crippen LogP contribution in [0, 0.1) is 0 Å². The molecule has 1 heterocycles. The highest BCUT2D eigenvalue weighted by Gasteiger charge is 2.08. The Balaban J connectivity index is 2.25. The Morgan fingerprint density at radius 1 is 1.17 bits per heavy atom. The van der Waals surface area contributed by atoms with E-state index in [1.807, 2.05) is 53.3 Å². The maximum Gasteiger partial charge on any atom is 0.121 e. The molecule has 0 bridgehead atoms. The summed E-state index contributed by atoms with van der Waals surface area (Å²) in [4.78, 5) is 0. The molecule has 18 heavy (non-hydrogen) atoms. The topological polar surface area (TPSA) is 53.1 Å². The van der Waals surface area contributed by atoms with Gasteiger partial charge in [-0.3, -0.25) is 0 Å². The molecule has 1 aromatic heterocycles. The van der Waals surface area contributed by atoms with Gasteiger partial charge < -0.3 is 10.5 Å². The van der Waals surface area contributed by atoms with E-state index >= 15 is 0 Å². The van der Waals surface area contributed by atoms with Gasteiger partial charge >= 0.3 is 0 Å². The highest BCUT2D eigenvalue weighted by molar-refractivity contribution is 5.81. The Hall–Kier alpha value is -2.49. The number of anilines is 1. The standard InChI is InChI=1S/C14H13N3O/c1-18-11-6-7-12(15)14(8-11)17-13-5-3-2-4-10(13)9-16-17/h2-9H,15H2,1H3. The summed E-state index contributed by atoms with van der Waals surface area (Å²) < 4.78 is 7.05. The van der Waals surface area contributed by atoms with Crippen molar-refractivity contribution in [3.05, 3.63) is 48.7 Å². The molecule has 0 unspecified atom stereocenters. The van der Waals surface area contributed by atoms with Gasteiger partial charge in [0.2, 0.25) is 0 Å². The smallest absolute Gasteiger partial charge is 0.121 e. The minimum Gasteiger partial charge on any atom is -0.497 e. The number of aromatic nitrogens is 2. The van der Waals surface area contributed by atoms with Crippen molar-refractivity contribution in [3.8, 4) is 11.4 Å². The molecule has 0 radical (unpaired) electrons. The van der Waals surface area contributed by atoms with E-state index in [0.29, 0.717) is 5.69 Å². The second kappa shape index (κ2) is 4.07. The number of nitrogens with two attached hydrogens (primary N) is 1. The molecule has 0 spiro atoms. The van der Waals surface area contributed by atoms with Crippen molar-refractivity contribution in [2.45, 2.75) is 0 Å². The lowest BCUT2D eigenvalue weighted by molar-refractivity contribution is 0.414. The fourth-order valence-corrected chi connectivity index (χ4v) is 2.00. The third kappa shape index (κ3) is 1.59. The Labute approximate surface area is 105 Å². The number of nitrogens with zero attached hydrogens (tertiary/aromatic N) is 2. The molecule has 0 saturated heterocycles. The van der Waals surface area contributed by atoms with Crippen molar-refractivity contribution in [2.24, 2.45) is 0 Å². The van der Waals surface area contributed by atoms with Crippen LogP contribution < -0.4 is 10.5 Å². The quantitative estimate of drug-likeness (QED) is 0.699. The highest BCUT2D eigenvalue weighted by Crippen LogP contribution is 2.26. The fraction of sp³-hybridized carbons (Fsp3) is 0.0714. The molecule has 4 nitrogen and oxygen atoms in total. The lowest BCUT2D eigenvalue weighted by Gasteiger charge is -2.09. The van der Waals surface area contributed by atoms with Crippen LogP contribution in [0.15, 0.2) is 48.7 Å². The Morgan fingerprint density at radius 2 is 2.00 bits per heavy atom. The number of methoxy groups -OCH3 is 1. The molecule has 0 amide bonds. The minimum absolute atomic E-state index is 0.671. The highest BCUT2D eigenvalue weighted by atomic mass is 16.5. The molecule has 90 valence electrons. The molecule has 0 atom stereocenters. The van der Waals surface area contributed by atoms with Crippen LogP contribution in [-0.2, 0) is 0 Å². The van der Waals surface area contributed by atoms with Crippen LogP contribution >= 0.6 is 0 Å². The van der Waals surface area contributed by atoms with Gasteiger partial charge in [0.05, 0.1) is 30.2 Å². The molecule has 2 aromatic carbocycles. The summed E-state index contributed by atoms with van der Waals surface area (Å²) in [6.07, 6.45) is 1.83. The van der Waals surface area contributed by atoms with E-state index < -0.39 is 0 Å². The first-order chi connectivity index (χ1) is 8.79. The number of hydrogen-bond acceptors (Lipinski definition) is 3. The Kier molecular flexibility index (Phi) is 2.41. The number of fused-ring (bicyclic) bond motifs is 1. The predicted octanol–water partition coefficient (Wildman–Crippen LogP) is 2.62. The van der Waals surface area contributed by atoms with E-state index in [0.717, 1.165) is 22.3 Å². The zero-order valence-corrected chi connectivity index (χ0v) is 10.00. The van der Waals surface area contributed by atoms with E-state index in [1.54, 1.807) is 7.11 Å². The lowest BCUT2D eigenvalue weighted by atomic mass is 10.2. The third-order valence-corrected chi connectivity index (χ3v) is 2.94. The van der Waals surface area contributed by atoms with Crippen molar-refractivity contribution >= 4 is 16.6 Å². The Morgan fingerprint density at radius 3 is 2.83 bits per heavy atom. The summed E-state index contributed by atoms with van der Waals surface area (Å²) in [5, 5.41) is 5.47.